The van der Waals surface area contributed by atoms with E-state index in [9.17, 15) is 9.90 Å². The molecule has 1 heterocycles. The van der Waals surface area contributed by atoms with Gasteiger partial charge in [-0.1, -0.05) is 6.07 Å². The molecule has 0 amide bonds. The van der Waals surface area contributed by atoms with E-state index in [1.165, 1.54) is 12.8 Å². The van der Waals surface area contributed by atoms with Crippen LogP contribution in [0.15, 0.2) is 18.2 Å². The van der Waals surface area contributed by atoms with Gasteiger partial charge in [-0.25, -0.2) is 4.79 Å². The van der Waals surface area contributed by atoms with Crippen molar-refractivity contribution in [1.29, 1.82) is 0 Å². The maximum absolute atomic E-state index is 11.6. The van der Waals surface area contributed by atoms with Gasteiger partial charge in [0.1, 0.15) is 5.54 Å². The highest BCUT2D eigenvalue weighted by Gasteiger charge is 2.37. The highest BCUT2D eigenvalue weighted by Crippen LogP contribution is 2.36. The summed E-state index contributed by atoms with van der Waals surface area (Å²) in [4.78, 5) is 11.6. The molecule has 1 aromatic carbocycles. The molecule has 1 fully saturated rings. The maximum Gasteiger partial charge on any atom is 0.328 e. The fourth-order valence-corrected chi connectivity index (χ4v) is 2.18. The molecule has 1 atom stereocenters. The Morgan fingerprint density at radius 3 is 2.84 bits per heavy atom. The first-order chi connectivity index (χ1) is 9.09. The molecule has 2 N–H and O–H groups in total. The average Bonchev–Trinajstić information content (AvgIpc) is 3.11. The zero-order chi connectivity index (χ0) is 13.5. The minimum absolute atomic E-state index is 0.193. The van der Waals surface area contributed by atoms with Crippen LogP contribution in [0.4, 0.5) is 0 Å². The zero-order valence-electron chi connectivity index (χ0n) is 10.8. The lowest BCUT2D eigenvalue weighted by molar-refractivity contribution is -0.144. The Morgan fingerprint density at radius 1 is 1.42 bits per heavy atom. The topological polar surface area (TPSA) is 67.8 Å². The molecule has 5 nitrogen and oxygen atoms in total. The molecule has 1 aliphatic heterocycles. The SMILES string of the molecule is CC(NCC1CC1)(C(=O)O)c1ccc2c(c1)OCO2. The quantitative estimate of drug-likeness (QED) is 0.846. The Morgan fingerprint density at radius 2 is 2.16 bits per heavy atom. The molecule has 1 aliphatic carbocycles. The molecule has 2 aliphatic rings. The van der Waals surface area contributed by atoms with Crippen LogP contribution in [0.5, 0.6) is 11.5 Å². The first-order valence-electron chi connectivity index (χ1n) is 6.48. The third kappa shape index (κ3) is 2.26. The third-order valence-corrected chi connectivity index (χ3v) is 3.82. The van der Waals surface area contributed by atoms with Crippen molar-refractivity contribution < 1.29 is 19.4 Å². The van der Waals surface area contributed by atoms with Crippen molar-refractivity contribution in [2.24, 2.45) is 5.92 Å². The predicted molar refractivity (Wildman–Crippen MR) is 68.3 cm³/mol. The molecular formula is C14H17NO4. The van der Waals surface area contributed by atoms with Crippen molar-refractivity contribution >= 4 is 5.97 Å². The van der Waals surface area contributed by atoms with Gasteiger partial charge in [0.15, 0.2) is 11.5 Å². The lowest BCUT2D eigenvalue weighted by atomic mass is 9.91. The molecule has 0 saturated heterocycles. The van der Waals surface area contributed by atoms with Crippen molar-refractivity contribution in [3.8, 4) is 11.5 Å². The van der Waals surface area contributed by atoms with Gasteiger partial charge >= 0.3 is 5.97 Å². The summed E-state index contributed by atoms with van der Waals surface area (Å²) in [6, 6.07) is 5.29. The lowest BCUT2D eigenvalue weighted by Gasteiger charge is -2.27. The lowest BCUT2D eigenvalue weighted by Crippen LogP contribution is -2.47. The van der Waals surface area contributed by atoms with E-state index < -0.39 is 11.5 Å². The summed E-state index contributed by atoms with van der Waals surface area (Å²) in [5.41, 5.74) is -0.409. The van der Waals surface area contributed by atoms with Gasteiger partial charge in [0.05, 0.1) is 0 Å². The molecule has 0 spiro atoms. The van der Waals surface area contributed by atoms with Crippen LogP contribution in [0.25, 0.3) is 0 Å². The van der Waals surface area contributed by atoms with Gasteiger partial charge in [-0.2, -0.15) is 0 Å². The summed E-state index contributed by atoms with van der Waals surface area (Å²) in [6.45, 7) is 2.62. The molecule has 102 valence electrons. The number of carboxylic acid groups (broad SMARTS) is 1. The maximum atomic E-state index is 11.6. The molecule has 1 aromatic rings. The Labute approximate surface area is 111 Å². The van der Waals surface area contributed by atoms with E-state index in [0.29, 0.717) is 23.0 Å². The van der Waals surface area contributed by atoms with Crippen molar-refractivity contribution in [3.05, 3.63) is 23.8 Å². The van der Waals surface area contributed by atoms with Crippen molar-refractivity contribution in [1.82, 2.24) is 5.32 Å². The van der Waals surface area contributed by atoms with Gasteiger partial charge in [0.2, 0.25) is 6.79 Å². The van der Waals surface area contributed by atoms with Crippen LogP contribution in [-0.2, 0) is 10.3 Å². The Bertz CT molecular complexity index is 512. The summed E-state index contributed by atoms with van der Waals surface area (Å²) in [7, 11) is 0. The van der Waals surface area contributed by atoms with Gasteiger partial charge in [-0.05, 0) is 49.9 Å². The first-order valence-corrected chi connectivity index (χ1v) is 6.48. The van der Waals surface area contributed by atoms with Crippen LogP contribution in [0.3, 0.4) is 0 Å². The second-order valence-electron chi connectivity index (χ2n) is 5.32. The van der Waals surface area contributed by atoms with Crippen LogP contribution in [0.1, 0.15) is 25.3 Å². The highest BCUT2D eigenvalue weighted by molar-refractivity contribution is 5.80. The molecule has 0 aromatic heterocycles. The second-order valence-corrected chi connectivity index (χ2v) is 5.32. The van der Waals surface area contributed by atoms with Crippen molar-refractivity contribution in [2.45, 2.75) is 25.3 Å². The van der Waals surface area contributed by atoms with Crippen molar-refractivity contribution in [3.63, 3.8) is 0 Å². The minimum Gasteiger partial charge on any atom is -0.480 e. The number of nitrogens with one attached hydrogen (secondary N) is 1. The summed E-state index contributed by atoms with van der Waals surface area (Å²) >= 11 is 0. The van der Waals surface area contributed by atoms with Crippen LogP contribution < -0.4 is 14.8 Å². The van der Waals surface area contributed by atoms with Crippen LogP contribution in [0.2, 0.25) is 0 Å². The Hall–Kier alpha value is -1.75. The Balaban J connectivity index is 1.87. The third-order valence-electron chi connectivity index (χ3n) is 3.82. The monoisotopic (exact) mass is 263 g/mol. The van der Waals surface area contributed by atoms with Crippen LogP contribution >= 0.6 is 0 Å². The largest absolute Gasteiger partial charge is 0.480 e. The van der Waals surface area contributed by atoms with Crippen molar-refractivity contribution in [2.75, 3.05) is 13.3 Å². The number of carbonyl (C=O) groups is 1. The van der Waals surface area contributed by atoms with Crippen LogP contribution in [-0.4, -0.2) is 24.4 Å². The fraction of sp³-hybridized carbons (Fsp3) is 0.500. The molecular weight excluding hydrogens is 246 g/mol. The standard InChI is InChI=1S/C14H17NO4/c1-14(13(16)17,15-7-9-2-3-9)10-4-5-11-12(6-10)19-8-18-11/h4-6,9,15H,2-3,7-8H2,1H3,(H,16,17). The van der Waals surface area contributed by atoms with E-state index >= 15 is 0 Å². The van der Waals surface area contributed by atoms with E-state index in [1.54, 1.807) is 25.1 Å². The summed E-state index contributed by atoms with van der Waals surface area (Å²) in [6.07, 6.45) is 2.37. The Kier molecular flexibility index (Phi) is 2.86. The number of rotatable bonds is 5. The molecule has 3 rings (SSSR count). The molecule has 5 heteroatoms. The number of ether oxygens (including phenoxy) is 2. The summed E-state index contributed by atoms with van der Waals surface area (Å²) in [5.74, 6) is 1.01. The van der Waals surface area contributed by atoms with E-state index in [1.807, 2.05) is 0 Å². The van der Waals surface area contributed by atoms with Gasteiger partial charge in [-0.3, -0.25) is 5.32 Å². The predicted octanol–water partition coefficient (Wildman–Crippen LogP) is 1.71. The smallest absolute Gasteiger partial charge is 0.328 e. The number of benzene rings is 1. The molecule has 1 unspecified atom stereocenters. The molecule has 1 saturated carbocycles. The van der Waals surface area contributed by atoms with E-state index in [4.69, 9.17) is 9.47 Å². The normalized spacial score (nSPS) is 20.1. The first kappa shape index (κ1) is 12.3. The fourth-order valence-electron chi connectivity index (χ4n) is 2.18. The van der Waals surface area contributed by atoms with E-state index in [0.717, 1.165) is 6.54 Å². The van der Waals surface area contributed by atoms with Gasteiger partial charge in [0.25, 0.3) is 0 Å². The number of hydrogen-bond acceptors (Lipinski definition) is 4. The van der Waals surface area contributed by atoms with Crippen LogP contribution in [0, 0.1) is 5.92 Å². The van der Waals surface area contributed by atoms with E-state index in [-0.39, 0.29) is 6.79 Å². The number of carboxylic acids is 1. The minimum atomic E-state index is -1.09. The molecule has 0 radical (unpaired) electrons. The zero-order valence-corrected chi connectivity index (χ0v) is 10.8. The number of hydrogen-bond donors (Lipinski definition) is 2. The highest BCUT2D eigenvalue weighted by atomic mass is 16.7. The number of fused-ring (bicyclic) bond motifs is 1. The number of aliphatic carboxylic acids is 1. The van der Waals surface area contributed by atoms with Gasteiger partial charge < -0.3 is 14.6 Å². The molecule has 0 bridgehead atoms. The molecule has 19 heavy (non-hydrogen) atoms. The van der Waals surface area contributed by atoms with Gasteiger partial charge in [-0.15, -0.1) is 0 Å². The van der Waals surface area contributed by atoms with E-state index in [2.05, 4.69) is 5.32 Å². The second kappa shape index (κ2) is 4.42. The van der Waals surface area contributed by atoms with Gasteiger partial charge in [0, 0.05) is 0 Å². The summed E-state index contributed by atoms with van der Waals surface area (Å²) < 4.78 is 10.6. The average molecular weight is 263 g/mol. The summed E-state index contributed by atoms with van der Waals surface area (Å²) in [5, 5.41) is 12.7.